The standard InChI is InChI=1S/C14H10BrN3O3/c15-12-7-6-10(8-13(12)18(20)21)9-16-17-14(19)11-4-2-1-3-5-11/h1-9H,(H,17,19). The Labute approximate surface area is 128 Å². The van der Waals surface area contributed by atoms with Gasteiger partial charge < -0.3 is 0 Å². The van der Waals surface area contributed by atoms with Crippen LogP contribution in [0.1, 0.15) is 15.9 Å². The molecular weight excluding hydrogens is 338 g/mol. The highest BCUT2D eigenvalue weighted by atomic mass is 79.9. The molecule has 0 aromatic heterocycles. The van der Waals surface area contributed by atoms with Gasteiger partial charge >= 0.3 is 0 Å². The second-order valence-electron chi connectivity index (χ2n) is 4.03. The summed E-state index contributed by atoms with van der Waals surface area (Å²) in [6.07, 6.45) is 1.35. The van der Waals surface area contributed by atoms with Crippen LogP contribution in [0.5, 0.6) is 0 Å². The minimum absolute atomic E-state index is 0.0617. The summed E-state index contributed by atoms with van der Waals surface area (Å²) in [5.74, 6) is -0.349. The van der Waals surface area contributed by atoms with Crippen LogP contribution >= 0.6 is 15.9 Å². The molecule has 1 amide bonds. The van der Waals surface area contributed by atoms with Crippen molar-refractivity contribution < 1.29 is 9.72 Å². The van der Waals surface area contributed by atoms with Gasteiger partial charge in [0.1, 0.15) is 0 Å². The minimum atomic E-state index is -0.496. The number of nitrogens with one attached hydrogen (secondary N) is 1. The molecule has 0 saturated heterocycles. The number of hydrazone groups is 1. The third kappa shape index (κ3) is 3.96. The first-order valence-corrected chi connectivity index (χ1v) is 6.69. The molecule has 0 bridgehead atoms. The Bertz CT molecular complexity index is 702. The number of carbonyl (C=O) groups excluding carboxylic acids is 1. The lowest BCUT2D eigenvalue weighted by molar-refractivity contribution is -0.385. The van der Waals surface area contributed by atoms with Crippen LogP contribution in [0.25, 0.3) is 0 Å². The number of hydrogen-bond donors (Lipinski definition) is 1. The zero-order valence-corrected chi connectivity index (χ0v) is 12.3. The number of rotatable bonds is 4. The summed E-state index contributed by atoms with van der Waals surface area (Å²) in [6.45, 7) is 0. The average Bonchev–Trinajstić information content (AvgIpc) is 2.49. The SMILES string of the molecule is O=C(NN=Cc1ccc(Br)c([N+](=O)[O-])c1)c1ccccc1. The molecule has 2 rings (SSSR count). The molecule has 21 heavy (non-hydrogen) atoms. The predicted octanol–water partition coefficient (Wildman–Crippen LogP) is 3.12. The summed E-state index contributed by atoms with van der Waals surface area (Å²) in [7, 11) is 0. The van der Waals surface area contributed by atoms with E-state index in [1.54, 1.807) is 42.5 Å². The molecule has 7 heteroatoms. The van der Waals surface area contributed by atoms with Crippen LogP contribution in [0.15, 0.2) is 58.1 Å². The first kappa shape index (κ1) is 14.9. The van der Waals surface area contributed by atoms with E-state index >= 15 is 0 Å². The monoisotopic (exact) mass is 347 g/mol. The van der Waals surface area contributed by atoms with Gasteiger partial charge in [0.15, 0.2) is 0 Å². The van der Waals surface area contributed by atoms with E-state index in [4.69, 9.17) is 0 Å². The van der Waals surface area contributed by atoms with Crippen molar-refractivity contribution in [2.45, 2.75) is 0 Å². The van der Waals surface area contributed by atoms with Gasteiger partial charge in [-0.1, -0.05) is 24.3 Å². The van der Waals surface area contributed by atoms with Crippen LogP contribution in [0.4, 0.5) is 5.69 Å². The highest BCUT2D eigenvalue weighted by Crippen LogP contribution is 2.24. The lowest BCUT2D eigenvalue weighted by Crippen LogP contribution is -2.17. The Hall–Kier alpha value is -2.54. The summed E-state index contributed by atoms with van der Waals surface area (Å²) in [4.78, 5) is 22.0. The van der Waals surface area contributed by atoms with E-state index in [0.29, 0.717) is 15.6 Å². The molecule has 2 aromatic carbocycles. The van der Waals surface area contributed by atoms with E-state index in [9.17, 15) is 14.9 Å². The minimum Gasteiger partial charge on any atom is -0.267 e. The summed E-state index contributed by atoms with van der Waals surface area (Å²) in [5, 5.41) is 14.6. The predicted molar refractivity (Wildman–Crippen MR) is 82.3 cm³/mol. The molecule has 106 valence electrons. The quantitative estimate of drug-likeness (QED) is 0.523. The normalized spacial score (nSPS) is 10.5. The van der Waals surface area contributed by atoms with Gasteiger partial charge in [0.25, 0.3) is 11.6 Å². The van der Waals surface area contributed by atoms with Crippen molar-refractivity contribution in [1.29, 1.82) is 0 Å². The molecule has 0 radical (unpaired) electrons. The molecule has 0 heterocycles. The van der Waals surface area contributed by atoms with E-state index < -0.39 is 4.92 Å². The van der Waals surface area contributed by atoms with E-state index in [0.717, 1.165) is 0 Å². The van der Waals surface area contributed by atoms with Crippen LogP contribution in [-0.4, -0.2) is 17.0 Å². The largest absolute Gasteiger partial charge is 0.284 e. The average molecular weight is 348 g/mol. The number of nitrogens with zero attached hydrogens (tertiary/aromatic N) is 2. The number of nitro groups is 1. The smallest absolute Gasteiger partial charge is 0.267 e. The number of benzene rings is 2. The van der Waals surface area contributed by atoms with E-state index in [2.05, 4.69) is 26.5 Å². The molecule has 6 nitrogen and oxygen atoms in total. The maximum Gasteiger partial charge on any atom is 0.284 e. The van der Waals surface area contributed by atoms with E-state index in [-0.39, 0.29) is 11.6 Å². The summed E-state index contributed by atoms with van der Waals surface area (Å²) in [5.41, 5.74) is 3.29. The van der Waals surface area contributed by atoms with Gasteiger partial charge in [-0.2, -0.15) is 5.10 Å². The molecule has 0 aliphatic carbocycles. The summed E-state index contributed by atoms with van der Waals surface area (Å²) < 4.78 is 0.387. The van der Waals surface area contributed by atoms with Gasteiger partial charge in [0.05, 0.1) is 15.6 Å². The number of carbonyl (C=O) groups is 1. The Morgan fingerprint density at radius 1 is 1.24 bits per heavy atom. The number of hydrogen-bond acceptors (Lipinski definition) is 4. The van der Waals surface area contributed by atoms with Crippen LogP contribution < -0.4 is 5.43 Å². The van der Waals surface area contributed by atoms with Crippen LogP contribution in [0.2, 0.25) is 0 Å². The maximum absolute atomic E-state index is 11.7. The first-order chi connectivity index (χ1) is 10.1. The topological polar surface area (TPSA) is 84.6 Å². The van der Waals surface area contributed by atoms with E-state index in [1.807, 2.05) is 0 Å². The van der Waals surface area contributed by atoms with Crippen molar-refractivity contribution >= 4 is 33.7 Å². The zero-order valence-electron chi connectivity index (χ0n) is 10.7. The molecule has 0 spiro atoms. The fourth-order valence-corrected chi connectivity index (χ4v) is 1.96. The molecule has 0 atom stereocenters. The third-order valence-corrected chi connectivity index (χ3v) is 3.25. The van der Waals surface area contributed by atoms with Gasteiger partial charge in [-0.3, -0.25) is 14.9 Å². The molecule has 0 aliphatic heterocycles. The lowest BCUT2D eigenvalue weighted by atomic mass is 10.2. The second kappa shape index (κ2) is 6.76. The van der Waals surface area contributed by atoms with Crippen LogP contribution in [0.3, 0.4) is 0 Å². The van der Waals surface area contributed by atoms with Gasteiger partial charge in [-0.05, 0) is 34.1 Å². The Morgan fingerprint density at radius 3 is 2.62 bits per heavy atom. The Balaban J connectivity index is 2.07. The number of halogens is 1. The molecule has 2 aromatic rings. The maximum atomic E-state index is 11.7. The van der Waals surface area contributed by atoms with Crippen molar-refractivity contribution in [1.82, 2.24) is 5.43 Å². The lowest BCUT2D eigenvalue weighted by Gasteiger charge is -1.99. The van der Waals surface area contributed by atoms with Crippen molar-refractivity contribution in [2.24, 2.45) is 5.10 Å². The van der Waals surface area contributed by atoms with Crippen molar-refractivity contribution in [3.63, 3.8) is 0 Å². The van der Waals surface area contributed by atoms with Crippen LogP contribution in [-0.2, 0) is 0 Å². The summed E-state index contributed by atoms with van der Waals surface area (Å²) in [6, 6.07) is 13.2. The fraction of sp³-hybridized carbons (Fsp3) is 0. The van der Waals surface area contributed by atoms with Gasteiger partial charge in [0, 0.05) is 17.2 Å². The zero-order chi connectivity index (χ0) is 15.2. The highest BCUT2D eigenvalue weighted by Gasteiger charge is 2.11. The molecular formula is C14H10BrN3O3. The molecule has 0 aliphatic rings. The van der Waals surface area contributed by atoms with Gasteiger partial charge in [0.2, 0.25) is 0 Å². The fourth-order valence-electron chi connectivity index (χ4n) is 1.57. The number of amides is 1. The van der Waals surface area contributed by atoms with E-state index in [1.165, 1.54) is 12.3 Å². The molecule has 1 N–H and O–H groups in total. The second-order valence-corrected chi connectivity index (χ2v) is 4.89. The number of nitro benzene ring substituents is 1. The third-order valence-electron chi connectivity index (χ3n) is 2.58. The van der Waals surface area contributed by atoms with Crippen molar-refractivity contribution in [3.05, 3.63) is 74.2 Å². The Kier molecular flexibility index (Phi) is 4.78. The summed E-state index contributed by atoms with van der Waals surface area (Å²) >= 11 is 3.10. The van der Waals surface area contributed by atoms with Crippen LogP contribution in [0, 0.1) is 10.1 Å². The van der Waals surface area contributed by atoms with Gasteiger partial charge in [-0.25, -0.2) is 5.43 Å². The molecule has 0 unspecified atom stereocenters. The molecule has 0 saturated carbocycles. The van der Waals surface area contributed by atoms with Gasteiger partial charge in [-0.15, -0.1) is 0 Å². The Morgan fingerprint density at radius 2 is 1.95 bits per heavy atom. The first-order valence-electron chi connectivity index (χ1n) is 5.90. The highest BCUT2D eigenvalue weighted by molar-refractivity contribution is 9.10. The van der Waals surface area contributed by atoms with Crippen molar-refractivity contribution in [3.8, 4) is 0 Å². The molecule has 0 fully saturated rings. The van der Waals surface area contributed by atoms with Crippen molar-refractivity contribution in [2.75, 3.05) is 0 Å².